The summed E-state index contributed by atoms with van der Waals surface area (Å²) in [7, 11) is 0. The quantitative estimate of drug-likeness (QED) is 0.351. The van der Waals surface area contributed by atoms with Gasteiger partial charge in [-0.1, -0.05) is 53.7 Å². The maximum atomic E-state index is 12.6. The monoisotopic (exact) mass is 417 g/mol. The molecule has 0 aliphatic heterocycles. The van der Waals surface area contributed by atoms with E-state index >= 15 is 0 Å². The van der Waals surface area contributed by atoms with Crippen LogP contribution in [0.5, 0.6) is 11.5 Å². The summed E-state index contributed by atoms with van der Waals surface area (Å²) >= 11 is 1.24. The molecule has 2 N–H and O–H groups in total. The Balaban J connectivity index is 1.67. The molecule has 0 unspecified atom stereocenters. The zero-order valence-corrected chi connectivity index (χ0v) is 17.0. The Morgan fingerprint density at radius 3 is 2.50 bits per heavy atom. The minimum atomic E-state index is -0.266. The van der Waals surface area contributed by atoms with Gasteiger partial charge in [0.05, 0.1) is 11.3 Å². The van der Waals surface area contributed by atoms with Crippen LogP contribution in [0.3, 0.4) is 0 Å². The van der Waals surface area contributed by atoms with Gasteiger partial charge in [-0.2, -0.15) is 0 Å². The topological polar surface area (TPSA) is 88.2 Å². The number of Topliss-reactive ketones (excluding diaryl/α,β-unsaturated/α-hetero) is 1. The average molecular weight is 417 g/mol. The number of rotatable bonds is 6. The van der Waals surface area contributed by atoms with E-state index in [1.54, 1.807) is 0 Å². The Labute approximate surface area is 177 Å². The van der Waals surface area contributed by atoms with Crippen molar-refractivity contribution in [3.8, 4) is 28.6 Å². The van der Waals surface area contributed by atoms with Gasteiger partial charge in [0.1, 0.15) is 11.5 Å². The van der Waals surface area contributed by atoms with Crippen LogP contribution in [0.25, 0.3) is 17.1 Å². The van der Waals surface area contributed by atoms with Crippen molar-refractivity contribution in [1.29, 1.82) is 0 Å². The van der Waals surface area contributed by atoms with E-state index in [4.69, 9.17) is 0 Å². The molecule has 6 nitrogen and oxygen atoms in total. The lowest BCUT2D eigenvalue weighted by Crippen LogP contribution is -2.05. The number of nitrogens with zero attached hydrogens (tertiary/aromatic N) is 3. The zero-order chi connectivity index (χ0) is 21.1. The standard InChI is InChI=1S/C23H19N3O3S/c1-15-6-5-7-16(12-15)22-24-25-23(26(22)17-8-3-2-4-9-17)30-14-21(29)19-11-10-18(27)13-20(19)28/h2-13,27-28H,14H2,1H3. The lowest BCUT2D eigenvalue weighted by molar-refractivity contribution is 0.102. The number of aromatic hydroxyl groups is 2. The number of hydrogen-bond acceptors (Lipinski definition) is 6. The van der Waals surface area contributed by atoms with E-state index in [0.717, 1.165) is 22.9 Å². The molecule has 0 saturated carbocycles. The summed E-state index contributed by atoms with van der Waals surface area (Å²) in [5, 5.41) is 28.6. The maximum Gasteiger partial charge on any atom is 0.196 e. The Bertz CT molecular complexity index is 1210. The summed E-state index contributed by atoms with van der Waals surface area (Å²) in [6, 6.07) is 21.7. The molecule has 0 atom stereocenters. The van der Waals surface area contributed by atoms with Crippen LogP contribution in [0.15, 0.2) is 78.0 Å². The molecule has 4 rings (SSSR count). The number of thioether (sulfide) groups is 1. The number of aromatic nitrogens is 3. The van der Waals surface area contributed by atoms with Gasteiger partial charge in [0.15, 0.2) is 16.8 Å². The molecule has 0 bridgehead atoms. The Hall–Kier alpha value is -3.58. The van der Waals surface area contributed by atoms with Gasteiger partial charge in [-0.3, -0.25) is 9.36 Å². The summed E-state index contributed by atoms with van der Waals surface area (Å²) in [5.41, 5.74) is 3.09. The number of carbonyl (C=O) groups excluding carboxylic acids is 1. The van der Waals surface area contributed by atoms with E-state index in [2.05, 4.69) is 10.2 Å². The van der Waals surface area contributed by atoms with E-state index in [1.165, 1.54) is 23.9 Å². The van der Waals surface area contributed by atoms with Gasteiger partial charge in [0.2, 0.25) is 0 Å². The van der Waals surface area contributed by atoms with Crippen LogP contribution in [0.1, 0.15) is 15.9 Å². The first-order valence-electron chi connectivity index (χ1n) is 9.29. The molecule has 0 fully saturated rings. The fourth-order valence-corrected chi connectivity index (χ4v) is 3.94. The summed E-state index contributed by atoms with van der Waals surface area (Å²) in [6.07, 6.45) is 0. The van der Waals surface area contributed by atoms with Crippen molar-refractivity contribution < 1.29 is 15.0 Å². The second-order valence-corrected chi connectivity index (χ2v) is 7.70. The molecule has 0 aliphatic carbocycles. The Morgan fingerprint density at radius 2 is 1.77 bits per heavy atom. The molecule has 150 valence electrons. The first kappa shape index (κ1) is 19.7. The lowest BCUT2D eigenvalue weighted by Gasteiger charge is -2.11. The van der Waals surface area contributed by atoms with Crippen molar-refractivity contribution in [3.05, 3.63) is 83.9 Å². The highest BCUT2D eigenvalue weighted by atomic mass is 32.2. The van der Waals surface area contributed by atoms with Crippen molar-refractivity contribution >= 4 is 17.5 Å². The number of hydrogen-bond donors (Lipinski definition) is 2. The Morgan fingerprint density at radius 1 is 0.967 bits per heavy atom. The number of phenols is 2. The summed E-state index contributed by atoms with van der Waals surface area (Å²) in [6.45, 7) is 2.02. The minimum absolute atomic E-state index is 0.0666. The fourth-order valence-electron chi connectivity index (χ4n) is 3.11. The number of ketones is 1. The van der Waals surface area contributed by atoms with Crippen LogP contribution in [-0.2, 0) is 0 Å². The molecule has 3 aromatic carbocycles. The summed E-state index contributed by atoms with van der Waals surface area (Å²) < 4.78 is 1.92. The maximum absolute atomic E-state index is 12.6. The van der Waals surface area contributed by atoms with Gasteiger partial charge in [0, 0.05) is 17.3 Å². The van der Waals surface area contributed by atoms with Crippen LogP contribution in [0, 0.1) is 6.92 Å². The SMILES string of the molecule is Cc1cccc(-c2nnc(SCC(=O)c3ccc(O)cc3O)n2-c2ccccc2)c1. The van der Waals surface area contributed by atoms with Crippen LogP contribution in [0.4, 0.5) is 0 Å². The van der Waals surface area contributed by atoms with Crippen LogP contribution >= 0.6 is 11.8 Å². The number of phenolic OH excluding ortho intramolecular Hbond substituents is 2. The molecule has 30 heavy (non-hydrogen) atoms. The van der Waals surface area contributed by atoms with Gasteiger partial charge in [-0.05, 0) is 37.3 Å². The Kier molecular flexibility index (Phi) is 5.54. The largest absolute Gasteiger partial charge is 0.508 e. The molecular weight excluding hydrogens is 398 g/mol. The molecule has 0 aliphatic rings. The van der Waals surface area contributed by atoms with Gasteiger partial charge < -0.3 is 10.2 Å². The number of benzene rings is 3. The van der Waals surface area contributed by atoms with Crippen LogP contribution < -0.4 is 0 Å². The van der Waals surface area contributed by atoms with Crippen molar-refractivity contribution in [2.45, 2.75) is 12.1 Å². The first-order chi connectivity index (χ1) is 14.5. The van der Waals surface area contributed by atoms with Gasteiger partial charge >= 0.3 is 0 Å². The summed E-state index contributed by atoms with van der Waals surface area (Å²) in [4.78, 5) is 12.6. The van der Waals surface area contributed by atoms with Crippen molar-refractivity contribution in [2.24, 2.45) is 0 Å². The second-order valence-electron chi connectivity index (χ2n) is 6.76. The number of carbonyl (C=O) groups is 1. The normalized spacial score (nSPS) is 10.8. The fraction of sp³-hybridized carbons (Fsp3) is 0.0870. The third kappa shape index (κ3) is 4.06. The smallest absolute Gasteiger partial charge is 0.196 e. The van der Waals surface area contributed by atoms with Crippen molar-refractivity contribution in [2.75, 3.05) is 5.75 Å². The second kappa shape index (κ2) is 8.42. The van der Waals surface area contributed by atoms with Crippen molar-refractivity contribution in [3.63, 3.8) is 0 Å². The third-order valence-electron chi connectivity index (χ3n) is 4.54. The van der Waals surface area contributed by atoms with Crippen LogP contribution in [-0.4, -0.2) is 36.5 Å². The molecule has 0 amide bonds. The van der Waals surface area contributed by atoms with E-state index in [1.807, 2.05) is 66.1 Å². The van der Waals surface area contributed by atoms with E-state index in [9.17, 15) is 15.0 Å². The molecule has 0 radical (unpaired) electrons. The molecule has 7 heteroatoms. The molecule has 1 heterocycles. The highest BCUT2D eigenvalue weighted by Gasteiger charge is 2.19. The number of para-hydroxylation sites is 1. The minimum Gasteiger partial charge on any atom is -0.508 e. The number of aryl methyl sites for hydroxylation is 1. The zero-order valence-electron chi connectivity index (χ0n) is 16.2. The van der Waals surface area contributed by atoms with Gasteiger partial charge in [-0.25, -0.2) is 0 Å². The predicted molar refractivity (Wildman–Crippen MR) is 116 cm³/mol. The van der Waals surface area contributed by atoms with Gasteiger partial charge in [0.25, 0.3) is 0 Å². The molecule has 0 saturated heterocycles. The molecule has 1 aromatic heterocycles. The molecule has 4 aromatic rings. The van der Waals surface area contributed by atoms with E-state index < -0.39 is 0 Å². The predicted octanol–water partition coefficient (Wildman–Crippen LogP) is 4.63. The molecule has 0 spiro atoms. The van der Waals surface area contributed by atoms with Crippen molar-refractivity contribution in [1.82, 2.24) is 14.8 Å². The molecular formula is C23H19N3O3S. The lowest BCUT2D eigenvalue weighted by atomic mass is 10.1. The first-order valence-corrected chi connectivity index (χ1v) is 10.3. The highest BCUT2D eigenvalue weighted by Crippen LogP contribution is 2.30. The highest BCUT2D eigenvalue weighted by molar-refractivity contribution is 7.99. The van der Waals surface area contributed by atoms with Crippen LogP contribution in [0.2, 0.25) is 0 Å². The third-order valence-corrected chi connectivity index (χ3v) is 5.47. The van der Waals surface area contributed by atoms with E-state index in [0.29, 0.717) is 11.0 Å². The van der Waals surface area contributed by atoms with Gasteiger partial charge in [-0.15, -0.1) is 10.2 Å². The summed E-state index contributed by atoms with van der Waals surface area (Å²) in [5.74, 6) is 0.148. The average Bonchev–Trinajstić information content (AvgIpc) is 3.16. The van der Waals surface area contributed by atoms with E-state index in [-0.39, 0.29) is 28.6 Å².